The Kier molecular flexibility index (Phi) is 2.09. The van der Waals surface area contributed by atoms with Crippen molar-refractivity contribution in [2.24, 2.45) is 0 Å². The van der Waals surface area contributed by atoms with Crippen LogP contribution in [0, 0.1) is 13.8 Å². The molecule has 0 aliphatic carbocycles. The number of hydrazone groups is 2. The highest BCUT2D eigenvalue weighted by Gasteiger charge is 2.69. The maximum Gasteiger partial charge on any atom is 0.890 e. The number of halogens is 4. The third-order valence-corrected chi connectivity index (χ3v) is 3.52. The number of aryl methyl sites for hydroxylation is 2. The van der Waals surface area contributed by atoms with Gasteiger partial charge in [-0.1, -0.05) is 0 Å². The standard InChI is InChI=1S/C9H11B2F4N3O/c1-6-4-7(2)17-9(6)5-16-11(14,15)19-8(3)18(16)10(17,12)13/h4-5H,1-3H3. The van der Waals surface area contributed by atoms with Crippen molar-refractivity contribution >= 4 is 26.1 Å². The Morgan fingerprint density at radius 1 is 1.16 bits per heavy atom. The summed E-state index contributed by atoms with van der Waals surface area (Å²) in [7, 11) is -4.50. The molecular formula is C9H11B2F4N3O. The zero-order valence-corrected chi connectivity index (χ0v) is 10.6. The molecule has 0 N–H and O–H groups in total. The lowest BCUT2D eigenvalue weighted by molar-refractivity contribution is -1.01. The van der Waals surface area contributed by atoms with Crippen LogP contribution >= 0.6 is 0 Å². The van der Waals surface area contributed by atoms with Gasteiger partial charge in [0, 0.05) is 0 Å². The summed E-state index contributed by atoms with van der Waals surface area (Å²) in [6.45, 7) is -0.148. The van der Waals surface area contributed by atoms with Crippen molar-refractivity contribution in [1.29, 1.82) is 0 Å². The van der Waals surface area contributed by atoms with Crippen LogP contribution in [0.3, 0.4) is 0 Å². The number of nitrogens with zero attached hydrogens (tertiary/aromatic N) is 3. The molecule has 0 radical (unpaired) electrons. The fraction of sp³-hybridized carbons (Fsp3) is 0.333. The Morgan fingerprint density at radius 2 is 1.79 bits per heavy atom. The normalized spacial score (nSPS) is 22.8. The molecule has 0 saturated carbocycles. The van der Waals surface area contributed by atoms with Crippen LogP contribution in [-0.2, 0) is 4.65 Å². The van der Waals surface area contributed by atoms with Gasteiger partial charge in [0.1, 0.15) is 0 Å². The molecule has 0 bridgehead atoms. The first-order chi connectivity index (χ1) is 8.66. The Hall–Kier alpha value is -1.73. The lowest BCUT2D eigenvalue weighted by Crippen LogP contribution is -2.58. The molecule has 10 heteroatoms. The number of hydrogen-bond acceptors (Lipinski definition) is 1. The molecule has 0 atom stereocenters. The molecule has 3 heterocycles. The van der Waals surface area contributed by atoms with Crippen molar-refractivity contribution in [3.63, 3.8) is 0 Å². The number of hydrazine groups is 1. The van der Waals surface area contributed by atoms with Crippen LogP contribution in [0.2, 0.25) is 0 Å². The topological polar surface area (TPSA) is 20.2 Å². The lowest BCUT2D eigenvalue weighted by atomic mass is 9.94. The van der Waals surface area contributed by atoms with E-state index in [4.69, 9.17) is 0 Å². The number of hydrogen-bond donors (Lipinski definition) is 0. The van der Waals surface area contributed by atoms with E-state index in [0.29, 0.717) is 11.3 Å². The highest BCUT2D eigenvalue weighted by molar-refractivity contribution is 6.60. The molecule has 0 fully saturated rings. The molecular weight excluding hydrogens is 264 g/mol. The largest absolute Gasteiger partial charge is 0.890 e. The summed E-state index contributed by atoms with van der Waals surface area (Å²) < 4.78 is 61.8. The van der Waals surface area contributed by atoms with Crippen LogP contribution in [-0.4, -0.2) is 39.8 Å². The summed E-state index contributed by atoms with van der Waals surface area (Å²) in [6.07, 6.45) is 1.01. The molecule has 0 amide bonds. The smallest absolute Gasteiger partial charge is 0.551 e. The molecule has 102 valence electrons. The second-order valence-corrected chi connectivity index (χ2v) is 4.86. The Morgan fingerprint density at radius 3 is 2.42 bits per heavy atom. The van der Waals surface area contributed by atoms with Crippen molar-refractivity contribution in [1.82, 2.24) is 4.48 Å². The van der Waals surface area contributed by atoms with Gasteiger partial charge in [0.2, 0.25) is 0 Å². The molecule has 2 aliphatic rings. The van der Waals surface area contributed by atoms with Crippen molar-refractivity contribution in [2.45, 2.75) is 20.8 Å². The fourth-order valence-electron chi connectivity index (χ4n) is 2.80. The highest BCUT2D eigenvalue weighted by Crippen LogP contribution is 2.31. The Bertz CT molecular complexity index is 665. The number of rotatable bonds is 0. The van der Waals surface area contributed by atoms with Gasteiger partial charge >= 0.3 is 19.9 Å². The molecule has 1 aromatic heterocycles. The minimum Gasteiger partial charge on any atom is -0.551 e. The van der Waals surface area contributed by atoms with Gasteiger partial charge in [0.05, 0.1) is 12.6 Å². The molecule has 0 unspecified atom stereocenters. The highest BCUT2D eigenvalue weighted by atomic mass is 19.3. The summed E-state index contributed by atoms with van der Waals surface area (Å²) in [4.78, 5) is 0. The molecule has 0 spiro atoms. The van der Waals surface area contributed by atoms with E-state index in [1.807, 2.05) is 0 Å². The minimum atomic E-state index is -4.50. The van der Waals surface area contributed by atoms with Crippen LogP contribution in [0.4, 0.5) is 17.3 Å². The number of fused-ring (bicyclic) bond motifs is 2. The molecule has 0 aromatic carbocycles. The Labute approximate surface area is 106 Å². The van der Waals surface area contributed by atoms with Crippen molar-refractivity contribution in [2.75, 3.05) is 0 Å². The van der Waals surface area contributed by atoms with Crippen LogP contribution in [0.15, 0.2) is 6.07 Å². The van der Waals surface area contributed by atoms with E-state index in [-0.39, 0.29) is 14.9 Å². The first kappa shape index (κ1) is 12.3. The van der Waals surface area contributed by atoms with Gasteiger partial charge in [-0.15, -0.1) is 9.19 Å². The summed E-state index contributed by atoms with van der Waals surface area (Å²) in [5.41, 5.74) is 0.928. The van der Waals surface area contributed by atoms with E-state index in [1.54, 1.807) is 13.0 Å². The van der Waals surface area contributed by atoms with Crippen LogP contribution in [0.1, 0.15) is 23.9 Å². The van der Waals surface area contributed by atoms with Gasteiger partial charge in [-0.3, -0.25) is 0 Å². The monoisotopic (exact) mass is 275 g/mol. The van der Waals surface area contributed by atoms with Crippen molar-refractivity contribution in [3.05, 3.63) is 23.0 Å². The van der Waals surface area contributed by atoms with E-state index < -0.39 is 19.9 Å². The maximum absolute atomic E-state index is 14.5. The minimum absolute atomic E-state index is 0.0820. The maximum atomic E-state index is 14.5. The SMILES string of the molecule is CC1=[N+]2[N+](=Cc3c(C)cc(C)n3[B-]2(F)F)[B-](F)(F)O1. The summed E-state index contributed by atoms with van der Waals surface area (Å²) in [5, 5.41) is 0. The molecule has 1 aromatic rings. The predicted molar refractivity (Wildman–Crippen MR) is 62.7 cm³/mol. The average molecular weight is 275 g/mol. The van der Waals surface area contributed by atoms with Gasteiger partial charge < -0.3 is 26.4 Å². The first-order valence-electron chi connectivity index (χ1n) is 5.83. The third kappa shape index (κ3) is 1.36. The van der Waals surface area contributed by atoms with Gasteiger partial charge in [0.25, 0.3) is 0 Å². The van der Waals surface area contributed by atoms with Crippen molar-refractivity contribution in [3.8, 4) is 0 Å². The van der Waals surface area contributed by atoms with Gasteiger partial charge in [0.15, 0.2) is 6.21 Å². The second-order valence-electron chi connectivity index (χ2n) is 4.86. The van der Waals surface area contributed by atoms with Gasteiger partial charge in [-0.25, -0.2) is 0 Å². The molecule has 2 aliphatic heterocycles. The zero-order valence-electron chi connectivity index (χ0n) is 10.6. The van der Waals surface area contributed by atoms with E-state index in [9.17, 15) is 17.3 Å². The quantitative estimate of drug-likeness (QED) is 0.519. The molecule has 4 nitrogen and oxygen atoms in total. The molecule has 19 heavy (non-hydrogen) atoms. The van der Waals surface area contributed by atoms with E-state index in [1.165, 1.54) is 6.92 Å². The fourth-order valence-corrected chi connectivity index (χ4v) is 2.80. The molecule has 0 saturated heterocycles. The third-order valence-electron chi connectivity index (χ3n) is 3.52. The predicted octanol–water partition coefficient (Wildman–Crippen LogP) is 1.52. The van der Waals surface area contributed by atoms with Gasteiger partial charge in [-0.05, 0) is 31.2 Å². The lowest BCUT2D eigenvalue weighted by Gasteiger charge is -2.26. The van der Waals surface area contributed by atoms with E-state index >= 15 is 0 Å². The van der Waals surface area contributed by atoms with Crippen LogP contribution in [0.5, 0.6) is 0 Å². The van der Waals surface area contributed by atoms with E-state index in [0.717, 1.165) is 17.6 Å². The van der Waals surface area contributed by atoms with Crippen molar-refractivity contribution < 1.29 is 31.1 Å². The van der Waals surface area contributed by atoms with Crippen LogP contribution < -0.4 is 0 Å². The first-order valence-corrected chi connectivity index (χ1v) is 5.83. The molecule has 3 rings (SSSR count). The Balaban J connectivity index is 2.39. The van der Waals surface area contributed by atoms with Gasteiger partial charge in [-0.2, -0.15) is 0 Å². The summed E-state index contributed by atoms with van der Waals surface area (Å²) >= 11 is 0. The summed E-state index contributed by atoms with van der Waals surface area (Å²) in [6, 6.07) is 1.55. The summed E-state index contributed by atoms with van der Waals surface area (Å²) in [5.74, 6) is -0.498. The second kappa shape index (κ2) is 3.23. The average Bonchev–Trinajstić information content (AvgIpc) is 2.63. The zero-order chi connectivity index (χ0) is 14.2. The van der Waals surface area contributed by atoms with Crippen LogP contribution in [0.25, 0.3) is 0 Å². The number of aromatic nitrogens is 1. The van der Waals surface area contributed by atoms with E-state index in [2.05, 4.69) is 4.65 Å².